The summed E-state index contributed by atoms with van der Waals surface area (Å²) in [5, 5.41) is 9.20. The lowest BCUT2D eigenvalue weighted by Gasteiger charge is -2.32. The van der Waals surface area contributed by atoms with Gasteiger partial charge in [-0.1, -0.05) is 42.5 Å². The molecule has 1 heterocycles. The van der Waals surface area contributed by atoms with E-state index in [2.05, 4.69) is 12.1 Å². The largest absolute Gasteiger partial charge is 0.481 e. The lowest BCUT2D eigenvalue weighted by atomic mass is 9.97. The van der Waals surface area contributed by atoms with Gasteiger partial charge >= 0.3 is 0 Å². The molecule has 0 bridgehead atoms. The quantitative estimate of drug-likeness (QED) is 0.909. The van der Waals surface area contributed by atoms with E-state index in [4.69, 9.17) is 4.74 Å². The Morgan fingerprint density at radius 1 is 1.08 bits per heavy atom. The Bertz CT molecular complexity index is 676. The number of benzene rings is 2. The number of ether oxygens (including phenoxy) is 1. The summed E-state index contributed by atoms with van der Waals surface area (Å²) in [7, 11) is 0. The predicted molar refractivity (Wildman–Crippen MR) is 98.4 cm³/mol. The van der Waals surface area contributed by atoms with Crippen molar-refractivity contribution in [3.63, 3.8) is 0 Å². The van der Waals surface area contributed by atoms with Gasteiger partial charge in [-0.2, -0.15) is 0 Å². The van der Waals surface area contributed by atoms with Crippen LogP contribution in [0, 0.1) is 5.92 Å². The van der Waals surface area contributed by atoms with Crippen molar-refractivity contribution in [1.82, 2.24) is 4.90 Å². The molecule has 1 aliphatic heterocycles. The van der Waals surface area contributed by atoms with E-state index in [0.29, 0.717) is 24.8 Å². The summed E-state index contributed by atoms with van der Waals surface area (Å²) in [6.45, 7) is 3.41. The first-order valence-corrected chi connectivity index (χ1v) is 8.89. The number of amides is 1. The van der Waals surface area contributed by atoms with Crippen molar-refractivity contribution in [3.05, 3.63) is 54.6 Å². The Hall–Kier alpha value is -2.33. The number of rotatable bonds is 5. The molecule has 132 valence electrons. The Labute approximate surface area is 149 Å². The summed E-state index contributed by atoms with van der Waals surface area (Å²) in [6, 6.07) is 18.0. The molecule has 0 spiro atoms. The third-order valence-electron chi connectivity index (χ3n) is 4.81. The highest BCUT2D eigenvalue weighted by Gasteiger charge is 2.26. The molecular formula is C21H25NO3. The van der Waals surface area contributed by atoms with Gasteiger partial charge in [0.1, 0.15) is 5.75 Å². The number of hydrogen-bond acceptors (Lipinski definition) is 3. The number of likely N-dealkylation sites (tertiary alicyclic amines) is 1. The zero-order valence-electron chi connectivity index (χ0n) is 14.6. The number of carbonyl (C=O) groups excluding carboxylic acids is 1. The standard InChI is InChI=1S/C21H25NO3/c1-16(21(24)22-13-11-17(15-23)12-14-22)25-20-9-7-19(8-10-20)18-5-3-2-4-6-18/h2-10,16-17,23H,11-15H2,1H3. The fraction of sp³-hybridized carbons (Fsp3) is 0.381. The molecule has 0 aliphatic carbocycles. The molecule has 3 rings (SSSR count). The zero-order chi connectivity index (χ0) is 17.6. The molecule has 0 radical (unpaired) electrons. The first kappa shape index (κ1) is 17.5. The van der Waals surface area contributed by atoms with E-state index >= 15 is 0 Å². The van der Waals surface area contributed by atoms with Gasteiger partial charge in [-0.25, -0.2) is 0 Å². The summed E-state index contributed by atoms with van der Waals surface area (Å²) < 4.78 is 5.83. The number of hydrogen-bond donors (Lipinski definition) is 1. The maximum atomic E-state index is 12.5. The van der Waals surface area contributed by atoms with E-state index in [-0.39, 0.29) is 12.5 Å². The number of nitrogens with zero attached hydrogens (tertiary/aromatic N) is 1. The molecule has 1 amide bonds. The number of carbonyl (C=O) groups is 1. The highest BCUT2D eigenvalue weighted by Crippen LogP contribution is 2.23. The molecule has 1 aliphatic rings. The zero-order valence-corrected chi connectivity index (χ0v) is 14.6. The second kappa shape index (κ2) is 8.17. The minimum absolute atomic E-state index is 0.0172. The van der Waals surface area contributed by atoms with Crippen molar-refractivity contribution in [2.75, 3.05) is 19.7 Å². The molecule has 4 nitrogen and oxygen atoms in total. The van der Waals surface area contributed by atoms with E-state index in [0.717, 1.165) is 24.0 Å². The Kier molecular flexibility index (Phi) is 5.71. The molecule has 1 saturated heterocycles. The van der Waals surface area contributed by atoms with Gasteiger partial charge < -0.3 is 14.7 Å². The van der Waals surface area contributed by atoms with Gasteiger partial charge in [-0.05, 0) is 48.9 Å². The van der Waals surface area contributed by atoms with Crippen LogP contribution in [0.15, 0.2) is 54.6 Å². The van der Waals surface area contributed by atoms with E-state index in [1.807, 2.05) is 47.4 Å². The second-order valence-electron chi connectivity index (χ2n) is 6.60. The minimum atomic E-state index is -0.506. The Morgan fingerprint density at radius 2 is 1.68 bits per heavy atom. The first-order chi connectivity index (χ1) is 12.2. The molecule has 2 aromatic rings. The van der Waals surface area contributed by atoms with E-state index < -0.39 is 6.10 Å². The second-order valence-corrected chi connectivity index (χ2v) is 6.60. The Balaban J connectivity index is 1.57. The summed E-state index contributed by atoms with van der Waals surface area (Å²) in [6.07, 6.45) is 1.22. The fourth-order valence-corrected chi connectivity index (χ4v) is 3.20. The fourth-order valence-electron chi connectivity index (χ4n) is 3.20. The van der Waals surface area contributed by atoms with Gasteiger partial charge in [0.05, 0.1) is 0 Å². The predicted octanol–water partition coefficient (Wildman–Crippen LogP) is 3.35. The van der Waals surface area contributed by atoms with Gasteiger partial charge in [-0.3, -0.25) is 4.79 Å². The highest BCUT2D eigenvalue weighted by molar-refractivity contribution is 5.81. The van der Waals surface area contributed by atoms with Crippen LogP contribution in [0.1, 0.15) is 19.8 Å². The molecule has 1 atom stereocenters. The lowest BCUT2D eigenvalue weighted by Crippen LogP contribution is -2.45. The molecule has 2 aromatic carbocycles. The van der Waals surface area contributed by atoms with Gasteiger partial charge in [-0.15, -0.1) is 0 Å². The smallest absolute Gasteiger partial charge is 0.263 e. The van der Waals surface area contributed by atoms with E-state index in [1.165, 1.54) is 0 Å². The van der Waals surface area contributed by atoms with Crippen molar-refractivity contribution < 1.29 is 14.6 Å². The van der Waals surface area contributed by atoms with Crippen LogP contribution in [-0.4, -0.2) is 41.7 Å². The maximum absolute atomic E-state index is 12.5. The van der Waals surface area contributed by atoms with Gasteiger partial charge in [0.15, 0.2) is 6.10 Å². The van der Waals surface area contributed by atoms with Crippen molar-refractivity contribution in [2.24, 2.45) is 5.92 Å². The van der Waals surface area contributed by atoms with Crippen LogP contribution in [0.5, 0.6) is 5.75 Å². The average Bonchev–Trinajstić information content (AvgIpc) is 2.68. The molecule has 1 fully saturated rings. The topological polar surface area (TPSA) is 49.8 Å². The molecule has 1 N–H and O–H groups in total. The van der Waals surface area contributed by atoms with Crippen molar-refractivity contribution in [2.45, 2.75) is 25.9 Å². The van der Waals surface area contributed by atoms with Crippen LogP contribution in [0.4, 0.5) is 0 Å². The van der Waals surface area contributed by atoms with E-state index in [1.54, 1.807) is 6.92 Å². The summed E-state index contributed by atoms with van der Waals surface area (Å²) >= 11 is 0. The lowest BCUT2D eigenvalue weighted by molar-refractivity contribution is -0.139. The Morgan fingerprint density at radius 3 is 2.28 bits per heavy atom. The molecule has 0 aromatic heterocycles. The van der Waals surface area contributed by atoms with Crippen LogP contribution in [0.3, 0.4) is 0 Å². The molecule has 0 saturated carbocycles. The monoisotopic (exact) mass is 339 g/mol. The van der Waals surface area contributed by atoms with Crippen LogP contribution >= 0.6 is 0 Å². The first-order valence-electron chi connectivity index (χ1n) is 8.89. The normalized spacial score (nSPS) is 16.5. The summed E-state index contributed by atoms with van der Waals surface area (Å²) in [4.78, 5) is 14.4. The van der Waals surface area contributed by atoms with Crippen molar-refractivity contribution >= 4 is 5.91 Å². The highest BCUT2D eigenvalue weighted by atomic mass is 16.5. The van der Waals surface area contributed by atoms with Crippen LogP contribution in [-0.2, 0) is 4.79 Å². The van der Waals surface area contributed by atoms with Gasteiger partial charge in [0, 0.05) is 19.7 Å². The van der Waals surface area contributed by atoms with Crippen LogP contribution in [0.25, 0.3) is 11.1 Å². The van der Waals surface area contributed by atoms with Crippen molar-refractivity contribution in [1.29, 1.82) is 0 Å². The molecule has 1 unspecified atom stereocenters. The summed E-state index contributed by atoms with van der Waals surface area (Å²) in [5.74, 6) is 1.04. The van der Waals surface area contributed by atoms with Gasteiger partial charge in [0.25, 0.3) is 5.91 Å². The average molecular weight is 339 g/mol. The van der Waals surface area contributed by atoms with Crippen LogP contribution in [0.2, 0.25) is 0 Å². The van der Waals surface area contributed by atoms with Crippen molar-refractivity contribution in [3.8, 4) is 16.9 Å². The van der Waals surface area contributed by atoms with Crippen LogP contribution < -0.4 is 4.74 Å². The number of aliphatic hydroxyl groups is 1. The third-order valence-corrected chi connectivity index (χ3v) is 4.81. The molecule has 4 heteroatoms. The SMILES string of the molecule is CC(Oc1ccc(-c2ccccc2)cc1)C(=O)N1CCC(CO)CC1. The van der Waals surface area contributed by atoms with E-state index in [9.17, 15) is 9.90 Å². The minimum Gasteiger partial charge on any atom is -0.481 e. The third kappa shape index (κ3) is 4.40. The number of aliphatic hydroxyl groups excluding tert-OH is 1. The van der Waals surface area contributed by atoms with Gasteiger partial charge in [0.2, 0.25) is 0 Å². The number of piperidine rings is 1. The molecular weight excluding hydrogens is 314 g/mol. The molecule has 25 heavy (non-hydrogen) atoms. The maximum Gasteiger partial charge on any atom is 0.263 e. The summed E-state index contributed by atoms with van der Waals surface area (Å²) in [5.41, 5.74) is 2.28.